The standard InChI is InChI=1S/C11H12BrNO2/c1-6-2-10(6)13-9-4-7(11(14)15)3-8(12)5-9/h3-6,10,13H,2H2,1H3,(H,14,15). The van der Waals surface area contributed by atoms with E-state index in [2.05, 4.69) is 28.2 Å². The van der Waals surface area contributed by atoms with Gasteiger partial charge in [0, 0.05) is 16.2 Å². The summed E-state index contributed by atoms with van der Waals surface area (Å²) in [7, 11) is 0. The summed E-state index contributed by atoms with van der Waals surface area (Å²) in [4.78, 5) is 10.8. The molecule has 4 heteroatoms. The minimum absolute atomic E-state index is 0.306. The predicted molar refractivity (Wildman–Crippen MR) is 62.3 cm³/mol. The Kier molecular flexibility index (Phi) is 2.69. The van der Waals surface area contributed by atoms with Crippen molar-refractivity contribution in [1.29, 1.82) is 0 Å². The number of rotatable bonds is 3. The molecule has 1 saturated carbocycles. The maximum absolute atomic E-state index is 10.8. The van der Waals surface area contributed by atoms with Gasteiger partial charge in [-0.1, -0.05) is 22.9 Å². The molecule has 1 aliphatic carbocycles. The van der Waals surface area contributed by atoms with E-state index in [-0.39, 0.29) is 0 Å². The molecule has 1 aromatic rings. The van der Waals surface area contributed by atoms with Crippen LogP contribution < -0.4 is 5.32 Å². The Morgan fingerprint density at radius 1 is 1.53 bits per heavy atom. The van der Waals surface area contributed by atoms with E-state index in [1.807, 2.05) is 6.07 Å². The fourth-order valence-electron chi connectivity index (χ4n) is 1.53. The number of benzene rings is 1. The Bertz CT molecular complexity index is 406. The van der Waals surface area contributed by atoms with Crippen LogP contribution in [-0.2, 0) is 0 Å². The Labute approximate surface area is 96.6 Å². The first-order valence-electron chi connectivity index (χ1n) is 4.86. The summed E-state index contributed by atoms with van der Waals surface area (Å²) < 4.78 is 0.790. The van der Waals surface area contributed by atoms with Gasteiger partial charge in [-0.15, -0.1) is 0 Å². The molecule has 1 aromatic carbocycles. The van der Waals surface area contributed by atoms with Crippen molar-refractivity contribution < 1.29 is 9.90 Å². The molecular formula is C11H12BrNO2. The number of carboxylic acid groups (broad SMARTS) is 1. The van der Waals surface area contributed by atoms with Crippen LogP contribution in [0.15, 0.2) is 22.7 Å². The topological polar surface area (TPSA) is 49.3 Å². The lowest BCUT2D eigenvalue weighted by molar-refractivity contribution is 0.0697. The van der Waals surface area contributed by atoms with Gasteiger partial charge in [-0.3, -0.25) is 0 Å². The average Bonchev–Trinajstić information content (AvgIpc) is 2.80. The van der Waals surface area contributed by atoms with Crippen molar-refractivity contribution >= 4 is 27.6 Å². The lowest BCUT2D eigenvalue weighted by Gasteiger charge is -2.07. The summed E-state index contributed by atoms with van der Waals surface area (Å²) in [5.74, 6) is -0.208. The number of anilines is 1. The molecule has 80 valence electrons. The molecule has 0 bridgehead atoms. The maximum Gasteiger partial charge on any atom is 0.335 e. The maximum atomic E-state index is 10.8. The second kappa shape index (κ2) is 3.85. The van der Waals surface area contributed by atoms with Gasteiger partial charge in [-0.25, -0.2) is 4.79 Å². The van der Waals surface area contributed by atoms with Gasteiger partial charge in [0.25, 0.3) is 0 Å². The quantitative estimate of drug-likeness (QED) is 0.887. The van der Waals surface area contributed by atoms with Gasteiger partial charge in [-0.05, 0) is 30.5 Å². The van der Waals surface area contributed by atoms with Crippen LogP contribution in [0, 0.1) is 5.92 Å². The van der Waals surface area contributed by atoms with Crippen molar-refractivity contribution in [3.8, 4) is 0 Å². The molecule has 15 heavy (non-hydrogen) atoms. The van der Waals surface area contributed by atoms with Crippen molar-refractivity contribution in [1.82, 2.24) is 0 Å². The van der Waals surface area contributed by atoms with Crippen LogP contribution in [0.5, 0.6) is 0 Å². The molecule has 1 aliphatic rings. The first kappa shape index (κ1) is 10.5. The molecule has 0 saturated heterocycles. The summed E-state index contributed by atoms with van der Waals surface area (Å²) >= 11 is 3.30. The van der Waals surface area contributed by atoms with Crippen molar-refractivity contribution in [2.24, 2.45) is 5.92 Å². The lowest BCUT2D eigenvalue weighted by Crippen LogP contribution is -2.05. The zero-order valence-electron chi connectivity index (χ0n) is 8.33. The van der Waals surface area contributed by atoms with Crippen LogP contribution in [0.2, 0.25) is 0 Å². The number of carboxylic acids is 1. The fraction of sp³-hybridized carbons (Fsp3) is 0.364. The molecule has 1 fully saturated rings. The Balaban J connectivity index is 2.19. The first-order chi connectivity index (χ1) is 7.06. The predicted octanol–water partition coefficient (Wildman–Crippen LogP) is 2.97. The van der Waals surface area contributed by atoms with Gasteiger partial charge in [0.15, 0.2) is 0 Å². The summed E-state index contributed by atoms with van der Waals surface area (Å²) in [6, 6.07) is 5.67. The summed E-state index contributed by atoms with van der Waals surface area (Å²) in [5.41, 5.74) is 1.18. The molecule has 0 amide bonds. The zero-order chi connectivity index (χ0) is 11.0. The summed E-state index contributed by atoms with van der Waals surface area (Å²) in [5, 5.41) is 12.2. The largest absolute Gasteiger partial charge is 0.478 e. The van der Waals surface area contributed by atoms with Gasteiger partial charge < -0.3 is 10.4 Å². The van der Waals surface area contributed by atoms with E-state index in [0.29, 0.717) is 17.5 Å². The average molecular weight is 270 g/mol. The third-order valence-electron chi connectivity index (χ3n) is 2.61. The monoisotopic (exact) mass is 269 g/mol. The van der Waals surface area contributed by atoms with Crippen LogP contribution in [0.1, 0.15) is 23.7 Å². The molecule has 0 heterocycles. The van der Waals surface area contributed by atoms with Crippen LogP contribution in [0.4, 0.5) is 5.69 Å². The number of nitrogens with one attached hydrogen (secondary N) is 1. The molecule has 2 atom stereocenters. The Hall–Kier alpha value is -1.03. The number of aromatic carboxylic acids is 1. The third kappa shape index (κ3) is 2.50. The van der Waals surface area contributed by atoms with Crippen molar-refractivity contribution in [2.45, 2.75) is 19.4 Å². The van der Waals surface area contributed by atoms with E-state index in [4.69, 9.17) is 5.11 Å². The van der Waals surface area contributed by atoms with Crippen molar-refractivity contribution in [2.75, 3.05) is 5.32 Å². The highest BCUT2D eigenvalue weighted by Crippen LogP contribution is 2.33. The molecule has 0 aliphatic heterocycles. The second-order valence-electron chi connectivity index (χ2n) is 4.00. The van der Waals surface area contributed by atoms with E-state index in [0.717, 1.165) is 16.6 Å². The molecule has 3 nitrogen and oxygen atoms in total. The lowest BCUT2D eigenvalue weighted by atomic mass is 10.2. The third-order valence-corrected chi connectivity index (χ3v) is 3.06. The van der Waals surface area contributed by atoms with Crippen LogP contribution in [-0.4, -0.2) is 17.1 Å². The molecular weight excluding hydrogens is 258 g/mol. The smallest absolute Gasteiger partial charge is 0.335 e. The van der Waals surface area contributed by atoms with E-state index < -0.39 is 5.97 Å². The van der Waals surface area contributed by atoms with Crippen molar-refractivity contribution in [3.63, 3.8) is 0 Å². The number of hydrogen-bond donors (Lipinski definition) is 2. The number of halogens is 1. The highest BCUT2D eigenvalue weighted by atomic mass is 79.9. The van der Waals surface area contributed by atoms with E-state index in [1.165, 1.54) is 0 Å². The Morgan fingerprint density at radius 3 is 2.73 bits per heavy atom. The summed E-state index contributed by atoms with van der Waals surface area (Å²) in [6.45, 7) is 2.17. The molecule has 2 unspecified atom stereocenters. The molecule has 2 rings (SSSR count). The molecule has 0 aromatic heterocycles. The van der Waals surface area contributed by atoms with E-state index in [1.54, 1.807) is 12.1 Å². The zero-order valence-corrected chi connectivity index (χ0v) is 9.91. The van der Waals surface area contributed by atoms with Gasteiger partial charge in [0.05, 0.1) is 5.56 Å². The normalized spacial score (nSPS) is 23.6. The number of carbonyl (C=O) groups is 1. The van der Waals surface area contributed by atoms with E-state index >= 15 is 0 Å². The Morgan fingerprint density at radius 2 is 2.20 bits per heavy atom. The number of hydrogen-bond acceptors (Lipinski definition) is 2. The van der Waals surface area contributed by atoms with E-state index in [9.17, 15) is 4.79 Å². The minimum Gasteiger partial charge on any atom is -0.478 e. The highest BCUT2D eigenvalue weighted by molar-refractivity contribution is 9.10. The van der Waals surface area contributed by atoms with Gasteiger partial charge >= 0.3 is 5.97 Å². The van der Waals surface area contributed by atoms with Crippen molar-refractivity contribution in [3.05, 3.63) is 28.2 Å². The molecule has 0 spiro atoms. The SMILES string of the molecule is CC1CC1Nc1cc(Br)cc(C(=O)O)c1. The highest BCUT2D eigenvalue weighted by Gasteiger charge is 2.32. The molecule has 2 N–H and O–H groups in total. The summed E-state index contributed by atoms with van der Waals surface area (Å²) in [6.07, 6.45) is 1.16. The van der Waals surface area contributed by atoms with Crippen LogP contribution in [0.3, 0.4) is 0 Å². The van der Waals surface area contributed by atoms with Crippen LogP contribution >= 0.6 is 15.9 Å². The van der Waals surface area contributed by atoms with Crippen LogP contribution in [0.25, 0.3) is 0 Å². The van der Waals surface area contributed by atoms with Gasteiger partial charge in [-0.2, -0.15) is 0 Å². The second-order valence-corrected chi connectivity index (χ2v) is 4.91. The molecule has 0 radical (unpaired) electrons. The fourth-order valence-corrected chi connectivity index (χ4v) is 2.03. The van der Waals surface area contributed by atoms with Gasteiger partial charge in [0.1, 0.15) is 0 Å². The first-order valence-corrected chi connectivity index (χ1v) is 5.66. The minimum atomic E-state index is -0.900. The van der Waals surface area contributed by atoms with Gasteiger partial charge in [0.2, 0.25) is 0 Å².